The van der Waals surface area contributed by atoms with Gasteiger partial charge in [0.2, 0.25) is 5.91 Å². The molecule has 8 nitrogen and oxygen atoms in total. The summed E-state index contributed by atoms with van der Waals surface area (Å²) in [4.78, 5) is 31.8. The number of ether oxygens (including phenoxy) is 1. The summed E-state index contributed by atoms with van der Waals surface area (Å²) in [5, 5.41) is 12.0. The van der Waals surface area contributed by atoms with Crippen LogP contribution in [0.5, 0.6) is 0 Å². The van der Waals surface area contributed by atoms with E-state index in [1.165, 1.54) is 0 Å². The molecule has 0 aromatic carbocycles. The van der Waals surface area contributed by atoms with Crippen LogP contribution in [0.3, 0.4) is 0 Å². The zero-order chi connectivity index (χ0) is 21.5. The van der Waals surface area contributed by atoms with E-state index < -0.39 is 0 Å². The maximum Gasteiger partial charge on any atom is 0.409 e. The standard InChI is InChI=1S/C21H41N3O5/c1-4-5-6-7-13-19-18(16-29-23-27)12-10-15-28-21(26)24(3)14-9-8-11-17(2)22-20(19)25/h17-19,23,27H,4-16H2,1-3H3,(H,22,25)/t17-,18-,19-/m1/s1. The van der Waals surface area contributed by atoms with Gasteiger partial charge in [-0.1, -0.05) is 38.3 Å². The Morgan fingerprint density at radius 3 is 2.72 bits per heavy atom. The molecule has 3 N–H and O–H groups in total. The number of hydrogen-bond donors (Lipinski definition) is 3. The van der Waals surface area contributed by atoms with Crippen LogP contribution in [0, 0.1) is 11.8 Å². The second kappa shape index (κ2) is 15.5. The molecule has 0 aromatic heterocycles. The van der Waals surface area contributed by atoms with Gasteiger partial charge in [0.1, 0.15) is 0 Å². The highest BCUT2D eigenvalue weighted by atomic mass is 16.8. The van der Waals surface area contributed by atoms with Crippen molar-refractivity contribution in [2.75, 3.05) is 26.8 Å². The predicted molar refractivity (Wildman–Crippen MR) is 111 cm³/mol. The van der Waals surface area contributed by atoms with E-state index in [2.05, 4.69) is 12.2 Å². The van der Waals surface area contributed by atoms with Crippen LogP contribution < -0.4 is 11.0 Å². The van der Waals surface area contributed by atoms with E-state index in [9.17, 15) is 9.59 Å². The van der Waals surface area contributed by atoms with Crippen molar-refractivity contribution < 1.29 is 24.4 Å². The number of rotatable bonds is 8. The van der Waals surface area contributed by atoms with Gasteiger partial charge in [0, 0.05) is 25.6 Å². The Morgan fingerprint density at radius 2 is 2.00 bits per heavy atom. The molecule has 0 aromatic rings. The van der Waals surface area contributed by atoms with Gasteiger partial charge in [-0.3, -0.25) is 14.8 Å². The lowest BCUT2D eigenvalue weighted by molar-refractivity contribution is -0.148. The van der Waals surface area contributed by atoms with Gasteiger partial charge < -0.3 is 15.0 Å². The zero-order valence-electron chi connectivity index (χ0n) is 18.5. The molecule has 1 rings (SSSR count). The first-order valence-corrected chi connectivity index (χ1v) is 11.2. The monoisotopic (exact) mass is 415 g/mol. The number of amides is 2. The predicted octanol–water partition coefficient (Wildman–Crippen LogP) is 3.64. The lowest BCUT2D eigenvalue weighted by atomic mass is 9.84. The summed E-state index contributed by atoms with van der Waals surface area (Å²) >= 11 is 0. The van der Waals surface area contributed by atoms with Gasteiger partial charge in [-0.2, -0.15) is 0 Å². The average molecular weight is 416 g/mol. The summed E-state index contributed by atoms with van der Waals surface area (Å²) in [6, 6.07) is 0.0839. The van der Waals surface area contributed by atoms with Crippen molar-refractivity contribution in [3.63, 3.8) is 0 Å². The molecule has 3 atom stereocenters. The third kappa shape index (κ3) is 10.8. The van der Waals surface area contributed by atoms with Gasteiger partial charge in [-0.25, -0.2) is 4.79 Å². The van der Waals surface area contributed by atoms with Crippen molar-refractivity contribution in [1.82, 2.24) is 15.9 Å². The fraction of sp³-hybridized carbons (Fsp3) is 0.905. The number of hydrogen-bond acceptors (Lipinski definition) is 6. The summed E-state index contributed by atoms with van der Waals surface area (Å²) in [7, 11) is 1.75. The van der Waals surface area contributed by atoms with Crippen LogP contribution in [0.4, 0.5) is 4.79 Å². The van der Waals surface area contributed by atoms with Gasteiger partial charge in [0.15, 0.2) is 0 Å². The van der Waals surface area contributed by atoms with Crippen LogP contribution in [0.15, 0.2) is 0 Å². The summed E-state index contributed by atoms with van der Waals surface area (Å²) in [6.07, 6.45) is 8.90. The molecule has 0 unspecified atom stereocenters. The lowest BCUT2D eigenvalue weighted by Crippen LogP contribution is -2.41. The van der Waals surface area contributed by atoms with Crippen LogP contribution in [0.25, 0.3) is 0 Å². The first kappa shape index (κ1) is 25.7. The summed E-state index contributed by atoms with van der Waals surface area (Å²) < 4.78 is 5.36. The first-order chi connectivity index (χ1) is 14.0. The molecule has 2 amide bonds. The highest BCUT2D eigenvalue weighted by Gasteiger charge is 2.29. The van der Waals surface area contributed by atoms with E-state index in [0.717, 1.165) is 51.4 Å². The van der Waals surface area contributed by atoms with E-state index in [0.29, 0.717) is 26.0 Å². The molecule has 29 heavy (non-hydrogen) atoms. The van der Waals surface area contributed by atoms with Crippen molar-refractivity contribution >= 4 is 12.0 Å². The first-order valence-electron chi connectivity index (χ1n) is 11.2. The Kier molecular flexibility index (Phi) is 13.7. The van der Waals surface area contributed by atoms with Crippen LogP contribution in [0.1, 0.15) is 78.1 Å². The van der Waals surface area contributed by atoms with E-state index in [1.54, 1.807) is 17.6 Å². The molecule has 0 aliphatic carbocycles. The highest BCUT2D eigenvalue weighted by molar-refractivity contribution is 5.79. The van der Waals surface area contributed by atoms with Gasteiger partial charge in [0.25, 0.3) is 0 Å². The summed E-state index contributed by atoms with van der Waals surface area (Å²) in [6.45, 7) is 5.39. The van der Waals surface area contributed by atoms with Crippen molar-refractivity contribution in [3.05, 3.63) is 0 Å². The van der Waals surface area contributed by atoms with Gasteiger partial charge in [-0.05, 0) is 51.4 Å². The fourth-order valence-electron chi connectivity index (χ4n) is 3.84. The number of carbonyl (C=O) groups excluding carboxylic acids is 2. The average Bonchev–Trinajstić information content (AvgIpc) is 2.70. The van der Waals surface area contributed by atoms with E-state index in [4.69, 9.17) is 14.8 Å². The van der Waals surface area contributed by atoms with E-state index in [-0.39, 0.29) is 36.5 Å². The van der Waals surface area contributed by atoms with Gasteiger partial charge >= 0.3 is 6.09 Å². The number of nitrogens with zero attached hydrogens (tertiary/aromatic N) is 1. The number of unbranched alkanes of at least 4 members (excludes halogenated alkanes) is 3. The third-order valence-corrected chi connectivity index (χ3v) is 5.66. The van der Waals surface area contributed by atoms with Crippen molar-refractivity contribution in [2.24, 2.45) is 11.8 Å². The smallest absolute Gasteiger partial charge is 0.409 e. The molecule has 0 radical (unpaired) electrons. The molecule has 170 valence electrons. The molecule has 1 aliphatic heterocycles. The minimum absolute atomic E-state index is 0.0597. The minimum atomic E-state index is -0.303. The Bertz CT molecular complexity index is 464. The Labute approximate surface area is 175 Å². The Balaban J connectivity index is 2.85. The lowest BCUT2D eigenvalue weighted by Gasteiger charge is -2.27. The van der Waals surface area contributed by atoms with Crippen LogP contribution in [-0.2, 0) is 14.4 Å². The number of nitrogens with one attached hydrogen (secondary N) is 2. The van der Waals surface area contributed by atoms with Crippen molar-refractivity contribution in [3.8, 4) is 0 Å². The van der Waals surface area contributed by atoms with E-state index >= 15 is 0 Å². The SMILES string of the molecule is CCCCCC[C@H]1C(=O)N[C@H](C)CCCCN(C)C(=O)OCCC[C@@H]1CONO. The maximum absolute atomic E-state index is 13.1. The largest absolute Gasteiger partial charge is 0.449 e. The molecule has 1 aliphatic rings. The molecule has 1 heterocycles. The molecular formula is C21H41N3O5. The van der Waals surface area contributed by atoms with Crippen LogP contribution >= 0.6 is 0 Å². The fourth-order valence-corrected chi connectivity index (χ4v) is 3.84. The zero-order valence-corrected chi connectivity index (χ0v) is 18.5. The second-order valence-electron chi connectivity index (χ2n) is 8.20. The highest BCUT2D eigenvalue weighted by Crippen LogP contribution is 2.25. The quantitative estimate of drug-likeness (QED) is 0.413. The van der Waals surface area contributed by atoms with Gasteiger partial charge in [-0.15, -0.1) is 0 Å². The summed E-state index contributed by atoms with van der Waals surface area (Å²) in [5.41, 5.74) is 1.74. The van der Waals surface area contributed by atoms with Crippen molar-refractivity contribution in [1.29, 1.82) is 0 Å². The number of cyclic esters (lactones) is 1. The normalized spacial score (nSPS) is 25.7. The van der Waals surface area contributed by atoms with Crippen molar-refractivity contribution in [2.45, 2.75) is 84.1 Å². The molecule has 1 saturated heterocycles. The molecule has 0 saturated carbocycles. The molecule has 0 bridgehead atoms. The number of carbonyl (C=O) groups is 2. The minimum Gasteiger partial charge on any atom is -0.449 e. The van der Waals surface area contributed by atoms with Gasteiger partial charge in [0.05, 0.1) is 13.2 Å². The third-order valence-electron chi connectivity index (χ3n) is 5.66. The van der Waals surface area contributed by atoms with Crippen LogP contribution in [-0.4, -0.2) is 55.0 Å². The molecule has 8 heteroatoms. The molecule has 1 fully saturated rings. The van der Waals surface area contributed by atoms with Crippen LogP contribution in [0.2, 0.25) is 0 Å². The molecular weight excluding hydrogens is 374 g/mol. The maximum atomic E-state index is 13.1. The molecule has 0 spiro atoms. The van der Waals surface area contributed by atoms with E-state index in [1.807, 2.05) is 6.92 Å². The Morgan fingerprint density at radius 1 is 1.21 bits per heavy atom. The second-order valence-corrected chi connectivity index (χ2v) is 8.20. The summed E-state index contributed by atoms with van der Waals surface area (Å²) in [5.74, 6) is -0.194. The Hall–Kier alpha value is -1.38. The topological polar surface area (TPSA) is 100 Å².